The molecule has 0 unspecified atom stereocenters. The van der Waals surface area contributed by atoms with Crippen molar-refractivity contribution < 1.29 is 10.2 Å². The zero-order valence-electron chi connectivity index (χ0n) is 12.3. The molecular weight excluding hydrogens is 270 g/mol. The van der Waals surface area contributed by atoms with Crippen molar-refractivity contribution in [3.05, 3.63) is 41.3 Å². The van der Waals surface area contributed by atoms with Gasteiger partial charge in [-0.15, -0.1) is 10.2 Å². The molecule has 1 heterocycles. The smallest absolute Gasteiger partial charge is 0.277 e. The Balaban J connectivity index is 1.96. The zero-order chi connectivity index (χ0) is 14.5. The van der Waals surface area contributed by atoms with Gasteiger partial charge in [-0.1, -0.05) is 55.4 Å². The monoisotopic (exact) mass is 292 g/mol. The molecule has 2 atom stereocenters. The van der Waals surface area contributed by atoms with Gasteiger partial charge in [0, 0.05) is 11.7 Å². The maximum Gasteiger partial charge on any atom is 0.277 e. The number of aromatic nitrogens is 2. The molecule has 2 aromatic rings. The summed E-state index contributed by atoms with van der Waals surface area (Å²) in [5, 5.41) is 8.84. The Kier molecular flexibility index (Phi) is 5.20. The van der Waals surface area contributed by atoms with E-state index in [4.69, 9.17) is 4.42 Å². The summed E-state index contributed by atoms with van der Waals surface area (Å²) in [4.78, 5) is 0. The fourth-order valence-electron chi connectivity index (χ4n) is 1.90. The summed E-state index contributed by atoms with van der Waals surface area (Å²) in [6.07, 6.45) is 1.06. The van der Waals surface area contributed by atoms with Gasteiger partial charge in [0.25, 0.3) is 11.1 Å². The minimum atomic E-state index is 0.0702. The van der Waals surface area contributed by atoms with E-state index < -0.39 is 0 Å². The molecule has 0 saturated heterocycles. The van der Waals surface area contributed by atoms with Crippen LogP contribution in [-0.2, 0) is 5.75 Å². The van der Waals surface area contributed by atoms with E-state index in [1.54, 1.807) is 11.8 Å². The van der Waals surface area contributed by atoms with Crippen LogP contribution in [0.3, 0.4) is 0 Å². The number of nitrogens with zero attached hydrogens (tertiary/aromatic N) is 2. The van der Waals surface area contributed by atoms with Crippen LogP contribution >= 0.6 is 11.8 Å². The first-order chi connectivity index (χ1) is 9.60. The average molecular weight is 292 g/mol. The van der Waals surface area contributed by atoms with Crippen molar-refractivity contribution in [1.29, 1.82) is 0 Å². The normalized spacial score (nSPS) is 14.2. The van der Waals surface area contributed by atoms with Crippen LogP contribution < -0.4 is 5.73 Å². The predicted octanol–water partition coefficient (Wildman–Crippen LogP) is 3.00. The van der Waals surface area contributed by atoms with Gasteiger partial charge in [-0.25, -0.2) is 0 Å². The van der Waals surface area contributed by atoms with Crippen molar-refractivity contribution >= 4 is 11.8 Å². The maximum atomic E-state index is 5.70. The third-order valence-corrected chi connectivity index (χ3v) is 4.40. The SMILES string of the molecule is CC[C@@H](C)[C@H]([NH3+])c1nnc(SCc2cccc(C)c2)o1. The highest BCUT2D eigenvalue weighted by Gasteiger charge is 2.23. The summed E-state index contributed by atoms with van der Waals surface area (Å²) in [5.41, 5.74) is 6.65. The molecule has 4 nitrogen and oxygen atoms in total. The highest BCUT2D eigenvalue weighted by atomic mass is 32.2. The lowest BCUT2D eigenvalue weighted by molar-refractivity contribution is -0.444. The Bertz CT molecular complexity index is 556. The van der Waals surface area contributed by atoms with Crippen molar-refractivity contribution in [3.63, 3.8) is 0 Å². The molecule has 1 aromatic heterocycles. The zero-order valence-corrected chi connectivity index (χ0v) is 13.1. The topological polar surface area (TPSA) is 66.6 Å². The number of thioether (sulfide) groups is 1. The minimum absolute atomic E-state index is 0.0702. The van der Waals surface area contributed by atoms with Crippen molar-refractivity contribution in [2.24, 2.45) is 5.92 Å². The van der Waals surface area contributed by atoms with Crippen LogP contribution in [0.5, 0.6) is 0 Å². The number of benzene rings is 1. The van der Waals surface area contributed by atoms with Gasteiger partial charge >= 0.3 is 0 Å². The second-order valence-corrected chi connectivity index (χ2v) is 6.10. The lowest BCUT2D eigenvalue weighted by Gasteiger charge is -2.09. The number of quaternary nitrogens is 1. The number of rotatable bonds is 6. The van der Waals surface area contributed by atoms with Crippen molar-refractivity contribution in [2.45, 2.75) is 44.2 Å². The van der Waals surface area contributed by atoms with Crippen LogP contribution in [0.4, 0.5) is 0 Å². The Morgan fingerprint density at radius 3 is 2.85 bits per heavy atom. The van der Waals surface area contributed by atoms with Crippen molar-refractivity contribution in [1.82, 2.24) is 10.2 Å². The molecule has 0 saturated carbocycles. The van der Waals surface area contributed by atoms with E-state index in [9.17, 15) is 0 Å². The van der Waals surface area contributed by atoms with Crippen molar-refractivity contribution in [3.8, 4) is 0 Å². The van der Waals surface area contributed by atoms with Crippen molar-refractivity contribution in [2.75, 3.05) is 0 Å². The largest absolute Gasteiger partial charge is 0.410 e. The van der Waals surface area contributed by atoms with Gasteiger partial charge < -0.3 is 10.2 Å². The van der Waals surface area contributed by atoms with Gasteiger partial charge in [0.2, 0.25) is 0 Å². The maximum absolute atomic E-state index is 5.70. The molecule has 0 fully saturated rings. The van der Waals surface area contributed by atoms with Gasteiger partial charge in [-0.05, 0) is 18.9 Å². The molecular formula is C15H22N3OS+. The molecule has 3 N–H and O–H groups in total. The van der Waals surface area contributed by atoms with Crippen LogP contribution in [-0.4, -0.2) is 10.2 Å². The van der Waals surface area contributed by atoms with E-state index in [2.05, 4.69) is 61.0 Å². The third-order valence-electron chi connectivity index (χ3n) is 3.51. The first-order valence-electron chi connectivity index (χ1n) is 6.95. The highest BCUT2D eigenvalue weighted by Crippen LogP contribution is 2.25. The predicted molar refractivity (Wildman–Crippen MR) is 80.1 cm³/mol. The lowest BCUT2D eigenvalue weighted by Crippen LogP contribution is -2.56. The van der Waals surface area contributed by atoms with Gasteiger partial charge in [-0.3, -0.25) is 0 Å². The van der Waals surface area contributed by atoms with E-state index in [-0.39, 0.29) is 6.04 Å². The van der Waals surface area contributed by atoms with E-state index in [0.717, 1.165) is 12.2 Å². The van der Waals surface area contributed by atoms with Crippen LogP contribution in [0, 0.1) is 12.8 Å². The van der Waals surface area contributed by atoms with Crippen LogP contribution in [0.25, 0.3) is 0 Å². The summed E-state index contributed by atoms with van der Waals surface area (Å²) < 4.78 is 5.70. The molecule has 0 spiro atoms. The molecule has 108 valence electrons. The highest BCUT2D eigenvalue weighted by molar-refractivity contribution is 7.98. The minimum Gasteiger partial charge on any atom is -0.410 e. The van der Waals surface area contributed by atoms with E-state index in [0.29, 0.717) is 17.0 Å². The Morgan fingerprint density at radius 1 is 1.35 bits per heavy atom. The van der Waals surface area contributed by atoms with Gasteiger partial charge in [-0.2, -0.15) is 0 Å². The van der Waals surface area contributed by atoms with E-state index in [1.807, 2.05) is 0 Å². The van der Waals surface area contributed by atoms with E-state index in [1.165, 1.54) is 11.1 Å². The third kappa shape index (κ3) is 3.84. The summed E-state index contributed by atoms with van der Waals surface area (Å²) in [6.45, 7) is 6.40. The second-order valence-electron chi connectivity index (χ2n) is 5.18. The van der Waals surface area contributed by atoms with Gasteiger partial charge in [0.1, 0.15) is 0 Å². The second kappa shape index (κ2) is 6.90. The molecule has 0 aliphatic rings. The van der Waals surface area contributed by atoms with E-state index >= 15 is 0 Å². The lowest BCUT2D eigenvalue weighted by atomic mass is 10.0. The molecule has 0 radical (unpaired) electrons. The summed E-state index contributed by atoms with van der Waals surface area (Å²) >= 11 is 1.57. The van der Waals surface area contributed by atoms with Crippen LogP contribution in [0.2, 0.25) is 0 Å². The van der Waals surface area contributed by atoms with Gasteiger partial charge in [0.05, 0.1) is 0 Å². The molecule has 20 heavy (non-hydrogen) atoms. The average Bonchev–Trinajstić information content (AvgIpc) is 2.92. The van der Waals surface area contributed by atoms with Gasteiger partial charge in [0.15, 0.2) is 6.04 Å². The Morgan fingerprint density at radius 2 is 2.15 bits per heavy atom. The fourth-order valence-corrected chi connectivity index (χ4v) is 2.62. The number of aryl methyl sites for hydroxylation is 1. The number of hydrogen-bond acceptors (Lipinski definition) is 4. The summed E-state index contributed by atoms with van der Waals surface area (Å²) in [5.74, 6) is 1.94. The molecule has 0 aliphatic heterocycles. The molecule has 1 aromatic carbocycles. The summed E-state index contributed by atoms with van der Waals surface area (Å²) in [7, 11) is 0. The first kappa shape index (κ1) is 15.1. The molecule has 0 amide bonds. The van der Waals surface area contributed by atoms with Crippen LogP contribution in [0.1, 0.15) is 43.3 Å². The molecule has 2 rings (SSSR count). The number of hydrogen-bond donors (Lipinski definition) is 1. The standard InChI is InChI=1S/C15H21N3OS/c1-4-11(3)13(16)14-17-18-15(19-14)20-9-12-7-5-6-10(2)8-12/h5-8,11,13H,4,9,16H2,1-3H3/p+1/t11-,13+/m1/s1. The molecule has 0 bridgehead atoms. The Labute approximate surface area is 124 Å². The first-order valence-corrected chi connectivity index (χ1v) is 7.93. The molecule has 0 aliphatic carbocycles. The quantitative estimate of drug-likeness (QED) is 0.831. The van der Waals surface area contributed by atoms with Crippen LogP contribution in [0.15, 0.2) is 33.9 Å². The summed E-state index contributed by atoms with van der Waals surface area (Å²) in [6, 6.07) is 8.52. The molecule has 5 heteroatoms. The Hall–Kier alpha value is -1.33. The fraction of sp³-hybridized carbons (Fsp3) is 0.467.